The van der Waals surface area contributed by atoms with E-state index in [2.05, 4.69) is 26.0 Å². The van der Waals surface area contributed by atoms with E-state index in [1.54, 1.807) is 7.11 Å². The molecule has 4 aliphatic rings. The summed E-state index contributed by atoms with van der Waals surface area (Å²) in [5.41, 5.74) is 3.26. The Morgan fingerprint density at radius 2 is 1.77 bits per heavy atom. The highest BCUT2D eigenvalue weighted by molar-refractivity contribution is 5.91. The molecule has 3 nitrogen and oxygen atoms in total. The number of carbonyl (C=O) groups is 1. The highest BCUT2D eigenvalue weighted by Crippen LogP contribution is 2.65. The van der Waals surface area contributed by atoms with Crippen molar-refractivity contribution in [3.8, 4) is 5.75 Å². The van der Waals surface area contributed by atoms with E-state index in [1.807, 2.05) is 18.2 Å². The van der Waals surface area contributed by atoms with Gasteiger partial charge in [0.2, 0.25) is 0 Å². The maximum atomic E-state index is 12.0. The molecule has 0 saturated heterocycles. The summed E-state index contributed by atoms with van der Waals surface area (Å²) in [6.45, 7) is 5.67. The van der Waals surface area contributed by atoms with Crippen molar-refractivity contribution < 1.29 is 14.3 Å². The Bertz CT molecular complexity index is 840. The second-order valence-corrected chi connectivity index (χ2v) is 10.7. The van der Waals surface area contributed by atoms with Crippen LogP contribution in [0.3, 0.4) is 0 Å². The summed E-state index contributed by atoms with van der Waals surface area (Å²) >= 11 is 0. The summed E-state index contributed by atoms with van der Waals surface area (Å²) in [4.78, 5) is 12.0. The first-order valence-electron chi connectivity index (χ1n) is 11.9. The van der Waals surface area contributed by atoms with Gasteiger partial charge in [-0.2, -0.15) is 0 Å². The predicted octanol–water partition coefficient (Wildman–Crippen LogP) is 6.11. The first kappa shape index (κ1) is 20.3. The van der Waals surface area contributed by atoms with E-state index in [0.717, 1.165) is 42.8 Å². The second-order valence-electron chi connectivity index (χ2n) is 10.7. The summed E-state index contributed by atoms with van der Waals surface area (Å²) in [5.74, 6) is 3.58. The molecule has 6 atom stereocenters. The van der Waals surface area contributed by atoms with E-state index in [4.69, 9.17) is 9.47 Å². The quantitative estimate of drug-likeness (QED) is 0.603. The highest BCUT2D eigenvalue weighted by atomic mass is 16.5. The van der Waals surface area contributed by atoms with E-state index in [-0.39, 0.29) is 5.41 Å². The monoisotopic (exact) mass is 408 g/mol. The van der Waals surface area contributed by atoms with Gasteiger partial charge in [0.15, 0.2) is 5.78 Å². The van der Waals surface area contributed by atoms with Crippen molar-refractivity contribution >= 4 is 5.78 Å². The van der Waals surface area contributed by atoms with Crippen LogP contribution in [-0.4, -0.2) is 19.0 Å². The largest absolute Gasteiger partial charge is 0.497 e. The van der Waals surface area contributed by atoms with Crippen LogP contribution >= 0.6 is 0 Å². The zero-order valence-corrected chi connectivity index (χ0v) is 18.8. The molecule has 1 aromatic rings. The maximum absolute atomic E-state index is 12.0. The fraction of sp³-hybridized carbons (Fsp3) is 0.667. The van der Waals surface area contributed by atoms with Crippen molar-refractivity contribution in [1.82, 2.24) is 0 Å². The van der Waals surface area contributed by atoms with Gasteiger partial charge in [-0.1, -0.05) is 31.6 Å². The SMILES string of the molecule is COc1ccc(COC2CC[C@H]3[C@@H]4CCC5=CC(=O)CC[C@]5(C)[C@H]4CC[C@]23C)cc1. The third kappa shape index (κ3) is 3.16. The summed E-state index contributed by atoms with van der Waals surface area (Å²) < 4.78 is 11.8. The van der Waals surface area contributed by atoms with Crippen LogP contribution in [-0.2, 0) is 16.1 Å². The van der Waals surface area contributed by atoms with Crippen molar-refractivity contribution in [2.75, 3.05) is 7.11 Å². The third-order valence-corrected chi connectivity index (χ3v) is 9.49. The standard InChI is InChI=1S/C27H36O3/c1-26-14-12-20(28)16-19(26)6-9-22-23-10-11-25(27(23,2)15-13-24(22)26)30-17-18-4-7-21(29-3)8-5-18/h4-5,7-8,16,22-25H,6,9-15,17H2,1-3H3/t22-,23-,24-,25?,26-,27-/m0/s1. The minimum atomic E-state index is 0.264. The molecule has 0 N–H and O–H groups in total. The number of rotatable bonds is 4. The van der Waals surface area contributed by atoms with E-state index in [9.17, 15) is 4.79 Å². The lowest BCUT2D eigenvalue weighted by molar-refractivity contribution is -0.119. The molecular formula is C27H36O3. The number of hydrogen-bond donors (Lipinski definition) is 0. The summed E-state index contributed by atoms with van der Waals surface area (Å²) in [5, 5.41) is 0. The lowest BCUT2D eigenvalue weighted by atomic mass is 9.47. The van der Waals surface area contributed by atoms with Gasteiger partial charge in [0.05, 0.1) is 19.8 Å². The molecule has 0 bridgehead atoms. The topological polar surface area (TPSA) is 35.5 Å². The van der Waals surface area contributed by atoms with E-state index < -0.39 is 0 Å². The molecule has 4 aliphatic carbocycles. The van der Waals surface area contributed by atoms with Crippen molar-refractivity contribution in [2.45, 2.75) is 77.9 Å². The van der Waals surface area contributed by atoms with Crippen LogP contribution < -0.4 is 4.74 Å². The lowest BCUT2D eigenvalue weighted by Crippen LogP contribution is -2.51. The Morgan fingerprint density at radius 3 is 2.53 bits per heavy atom. The number of ether oxygens (including phenoxy) is 2. The van der Waals surface area contributed by atoms with Gasteiger partial charge in [0.25, 0.3) is 0 Å². The molecule has 3 heteroatoms. The Kier molecular flexibility index (Phi) is 5.08. The summed E-state index contributed by atoms with van der Waals surface area (Å²) in [6, 6.07) is 8.27. The molecule has 0 amide bonds. The van der Waals surface area contributed by atoms with Gasteiger partial charge in [-0.3, -0.25) is 4.79 Å². The van der Waals surface area contributed by atoms with Gasteiger partial charge in [0.1, 0.15) is 5.75 Å². The first-order valence-corrected chi connectivity index (χ1v) is 11.9. The average molecular weight is 409 g/mol. The zero-order valence-electron chi connectivity index (χ0n) is 18.8. The Morgan fingerprint density at radius 1 is 0.967 bits per heavy atom. The van der Waals surface area contributed by atoms with Crippen molar-refractivity contribution in [3.63, 3.8) is 0 Å². The first-order chi connectivity index (χ1) is 14.4. The summed E-state index contributed by atoms with van der Waals surface area (Å²) in [7, 11) is 1.71. The Labute approximate surface area is 181 Å². The molecule has 0 aliphatic heterocycles. The van der Waals surface area contributed by atoms with Crippen LogP contribution in [0.1, 0.15) is 70.8 Å². The summed E-state index contributed by atoms with van der Waals surface area (Å²) in [6.07, 6.45) is 11.7. The number of fused-ring (bicyclic) bond motifs is 5. The zero-order chi connectivity index (χ0) is 20.9. The number of methoxy groups -OCH3 is 1. The van der Waals surface area contributed by atoms with Gasteiger partial charge in [-0.15, -0.1) is 0 Å². The molecule has 3 fully saturated rings. The third-order valence-electron chi connectivity index (χ3n) is 9.49. The molecule has 0 radical (unpaired) electrons. The van der Waals surface area contributed by atoms with Gasteiger partial charge in [-0.05, 0) is 97.3 Å². The number of benzene rings is 1. The lowest BCUT2D eigenvalue weighted by Gasteiger charge is -2.58. The molecule has 0 aromatic heterocycles. The molecule has 30 heavy (non-hydrogen) atoms. The smallest absolute Gasteiger partial charge is 0.155 e. The average Bonchev–Trinajstić information content (AvgIpc) is 3.09. The van der Waals surface area contributed by atoms with Gasteiger partial charge >= 0.3 is 0 Å². The molecule has 162 valence electrons. The van der Waals surface area contributed by atoms with Gasteiger partial charge in [0, 0.05) is 6.42 Å². The molecule has 3 saturated carbocycles. The minimum Gasteiger partial charge on any atom is -0.497 e. The number of allylic oxidation sites excluding steroid dienone is 1. The van der Waals surface area contributed by atoms with Crippen molar-refractivity contribution in [2.24, 2.45) is 28.6 Å². The van der Waals surface area contributed by atoms with E-state index in [1.165, 1.54) is 43.2 Å². The normalized spacial score (nSPS) is 40.2. The number of ketones is 1. The maximum Gasteiger partial charge on any atom is 0.155 e. The van der Waals surface area contributed by atoms with Crippen LogP contribution in [0.2, 0.25) is 0 Å². The van der Waals surface area contributed by atoms with Crippen molar-refractivity contribution in [1.29, 1.82) is 0 Å². The molecule has 0 heterocycles. The number of hydrogen-bond acceptors (Lipinski definition) is 3. The van der Waals surface area contributed by atoms with Crippen LogP contribution in [0, 0.1) is 28.6 Å². The fourth-order valence-electron chi connectivity index (χ4n) is 7.70. The Hall–Kier alpha value is -1.61. The molecule has 0 spiro atoms. The molecular weight excluding hydrogens is 372 g/mol. The van der Waals surface area contributed by atoms with E-state index in [0.29, 0.717) is 23.9 Å². The van der Waals surface area contributed by atoms with Gasteiger partial charge < -0.3 is 9.47 Å². The molecule has 1 aromatic carbocycles. The molecule has 5 rings (SSSR count). The minimum absolute atomic E-state index is 0.264. The number of carbonyl (C=O) groups excluding carboxylic acids is 1. The predicted molar refractivity (Wildman–Crippen MR) is 118 cm³/mol. The van der Waals surface area contributed by atoms with Crippen LogP contribution in [0.15, 0.2) is 35.9 Å². The van der Waals surface area contributed by atoms with E-state index >= 15 is 0 Å². The molecule has 1 unspecified atom stereocenters. The van der Waals surface area contributed by atoms with Crippen LogP contribution in [0.5, 0.6) is 5.75 Å². The fourth-order valence-corrected chi connectivity index (χ4v) is 7.70. The van der Waals surface area contributed by atoms with Crippen LogP contribution in [0.4, 0.5) is 0 Å². The van der Waals surface area contributed by atoms with Crippen LogP contribution in [0.25, 0.3) is 0 Å². The second kappa shape index (κ2) is 7.51. The van der Waals surface area contributed by atoms with Crippen molar-refractivity contribution in [3.05, 3.63) is 41.5 Å². The van der Waals surface area contributed by atoms with Gasteiger partial charge in [-0.25, -0.2) is 0 Å². The highest BCUT2D eigenvalue weighted by Gasteiger charge is 2.59. The Balaban J connectivity index is 1.30.